The van der Waals surface area contributed by atoms with Crippen LogP contribution in [0.1, 0.15) is 31.0 Å². The van der Waals surface area contributed by atoms with Crippen molar-refractivity contribution >= 4 is 11.3 Å². The second kappa shape index (κ2) is 5.75. The zero-order valence-corrected chi connectivity index (χ0v) is 11.0. The van der Waals surface area contributed by atoms with Gasteiger partial charge in [-0.1, -0.05) is 13.8 Å². The van der Waals surface area contributed by atoms with Gasteiger partial charge in [-0.15, -0.1) is 11.3 Å². The molecule has 1 aliphatic rings. The largest absolute Gasteiger partial charge is 0.311 e. The van der Waals surface area contributed by atoms with Crippen LogP contribution in [0.15, 0.2) is 5.38 Å². The Bertz CT molecular complexity index is 324. The van der Waals surface area contributed by atoms with Crippen LogP contribution in [0.3, 0.4) is 0 Å². The fourth-order valence-electron chi connectivity index (χ4n) is 2.13. The van der Waals surface area contributed by atoms with Crippen molar-refractivity contribution in [3.8, 4) is 0 Å². The average Bonchev–Trinajstić information content (AvgIpc) is 2.86. The number of rotatable bonds is 5. The number of nitrogens with one attached hydrogen (secondary N) is 1. The molecule has 1 aromatic rings. The van der Waals surface area contributed by atoms with E-state index in [2.05, 4.69) is 34.4 Å². The molecule has 4 heteroatoms. The Morgan fingerprint density at radius 3 is 3.19 bits per heavy atom. The lowest BCUT2D eigenvalue weighted by Crippen LogP contribution is -2.20. The first-order valence-electron chi connectivity index (χ1n) is 6.14. The van der Waals surface area contributed by atoms with Crippen LogP contribution >= 0.6 is 11.3 Å². The highest BCUT2D eigenvalue weighted by Crippen LogP contribution is 2.18. The molecule has 90 valence electrons. The van der Waals surface area contributed by atoms with E-state index in [4.69, 9.17) is 0 Å². The van der Waals surface area contributed by atoms with Crippen LogP contribution in [0.2, 0.25) is 0 Å². The summed E-state index contributed by atoms with van der Waals surface area (Å²) < 4.78 is 0. The van der Waals surface area contributed by atoms with Crippen LogP contribution in [0.25, 0.3) is 0 Å². The minimum absolute atomic E-state index is 0.861. The van der Waals surface area contributed by atoms with Crippen LogP contribution < -0.4 is 5.32 Å². The molecule has 1 saturated heterocycles. The van der Waals surface area contributed by atoms with Crippen molar-refractivity contribution in [3.63, 3.8) is 0 Å². The summed E-state index contributed by atoms with van der Waals surface area (Å²) in [5.41, 5.74) is 1.24. The molecule has 0 bridgehead atoms. The molecular formula is C12H21N3S. The minimum Gasteiger partial charge on any atom is -0.311 e. The smallest absolute Gasteiger partial charge is 0.107 e. The van der Waals surface area contributed by atoms with Gasteiger partial charge in [-0.05, 0) is 25.4 Å². The highest BCUT2D eigenvalue weighted by Gasteiger charge is 2.19. The van der Waals surface area contributed by atoms with Crippen LogP contribution in [0.4, 0.5) is 0 Å². The molecule has 1 N–H and O–H groups in total. The van der Waals surface area contributed by atoms with Gasteiger partial charge in [0.25, 0.3) is 0 Å². The van der Waals surface area contributed by atoms with E-state index < -0.39 is 0 Å². The number of likely N-dealkylation sites (tertiary alicyclic amines) is 1. The second-order valence-electron chi connectivity index (χ2n) is 4.64. The van der Waals surface area contributed by atoms with Gasteiger partial charge in [-0.25, -0.2) is 4.98 Å². The highest BCUT2D eigenvalue weighted by atomic mass is 32.1. The van der Waals surface area contributed by atoms with E-state index in [1.807, 2.05) is 0 Å². The molecule has 1 atom stereocenters. The van der Waals surface area contributed by atoms with Gasteiger partial charge < -0.3 is 5.32 Å². The van der Waals surface area contributed by atoms with Gasteiger partial charge in [0.15, 0.2) is 0 Å². The van der Waals surface area contributed by atoms with E-state index in [1.54, 1.807) is 11.3 Å². The third-order valence-corrected chi connectivity index (χ3v) is 3.92. The average molecular weight is 239 g/mol. The molecule has 1 fully saturated rings. The molecule has 2 heterocycles. The van der Waals surface area contributed by atoms with E-state index in [1.165, 1.54) is 30.2 Å². The number of hydrogen-bond acceptors (Lipinski definition) is 4. The van der Waals surface area contributed by atoms with Crippen molar-refractivity contribution < 1.29 is 0 Å². The lowest BCUT2D eigenvalue weighted by molar-refractivity contribution is 0.317. The van der Waals surface area contributed by atoms with Crippen LogP contribution in [-0.4, -0.2) is 29.5 Å². The molecule has 1 aliphatic heterocycles. The number of nitrogens with zero attached hydrogens (tertiary/aromatic N) is 2. The van der Waals surface area contributed by atoms with Crippen LogP contribution in [-0.2, 0) is 13.1 Å². The Balaban J connectivity index is 1.83. The first-order chi connectivity index (χ1) is 7.78. The van der Waals surface area contributed by atoms with Gasteiger partial charge >= 0.3 is 0 Å². The van der Waals surface area contributed by atoms with E-state index in [0.29, 0.717) is 0 Å². The van der Waals surface area contributed by atoms with Gasteiger partial charge in [-0.3, -0.25) is 4.90 Å². The maximum absolute atomic E-state index is 4.65. The molecule has 16 heavy (non-hydrogen) atoms. The van der Waals surface area contributed by atoms with Crippen molar-refractivity contribution in [3.05, 3.63) is 16.1 Å². The fraction of sp³-hybridized carbons (Fsp3) is 0.750. The van der Waals surface area contributed by atoms with Crippen molar-refractivity contribution in [1.29, 1.82) is 0 Å². The Kier molecular flexibility index (Phi) is 4.32. The van der Waals surface area contributed by atoms with Gasteiger partial charge in [0, 0.05) is 25.0 Å². The minimum atomic E-state index is 0.861. The SMILES string of the molecule is CCNCc1nc(CN2CCC(C)C2)cs1. The molecule has 2 rings (SSSR count). The normalized spacial score (nSPS) is 21.8. The molecule has 0 amide bonds. The number of aromatic nitrogens is 1. The summed E-state index contributed by atoms with van der Waals surface area (Å²) in [4.78, 5) is 7.16. The van der Waals surface area contributed by atoms with E-state index in [9.17, 15) is 0 Å². The monoisotopic (exact) mass is 239 g/mol. The highest BCUT2D eigenvalue weighted by molar-refractivity contribution is 7.09. The number of hydrogen-bond donors (Lipinski definition) is 1. The molecule has 0 aliphatic carbocycles. The van der Waals surface area contributed by atoms with Crippen molar-refractivity contribution in [2.45, 2.75) is 33.4 Å². The lowest BCUT2D eigenvalue weighted by Gasteiger charge is -2.12. The summed E-state index contributed by atoms with van der Waals surface area (Å²) in [5, 5.41) is 6.73. The Hall–Kier alpha value is -0.450. The third kappa shape index (κ3) is 3.27. The first kappa shape index (κ1) is 12.0. The van der Waals surface area contributed by atoms with Gasteiger partial charge in [0.2, 0.25) is 0 Å². The summed E-state index contributed by atoms with van der Waals surface area (Å²) >= 11 is 1.77. The van der Waals surface area contributed by atoms with Crippen molar-refractivity contribution in [2.75, 3.05) is 19.6 Å². The summed E-state index contributed by atoms with van der Waals surface area (Å²) in [6.45, 7) is 9.89. The Morgan fingerprint density at radius 1 is 1.62 bits per heavy atom. The molecule has 3 nitrogen and oxygen atoms in total. The standard InChI is InChI=1S/C12H21N3S/c1-3-13-6-12-14-11(9-16-12)8-15-5-4-10(2)7-15/h9-10,13H,3-8H2,1-2H3. The summed E-state index contributed by atoms with van der Waals surface area (Å²) in [6, 6.07) is 0. The van der Waals surface area contributed by atoms with E-state index in [-0.39, 0.29) is 0 Å². The molecule has 0 aromatic carbocycles. The third-order valence-electron chi connectivity index (χ3n) is 3.02. The second-order valence-corrected chi connectivity index (χ2v) is 5.58. The topological polar surface area (TPSA) is 28.2 Å². The zero-order chi connectivity index (χ0) is 11.4. The Morgan fingerprint density at radius 2 is 2.50 bits per heavy atom. The van der Waals surface area contributed by atoms with E-state index in [0.717, 1.165) is 25.6 Å². The molecular weight excluding hydrogens is 218 g/mol. The van der Waals surface area contributed by atoms with Crippen LogP contribution in [0.5, 0.6) is 0 Å². The summed E-state index contributed by atoms with van der Waals surface area (Å²) in [6.07, 6.45) is 1.34. The fourth-order valence-corrected chi connectivity index (χ4v) is 2.89. The van der Waals surface area contributed by atoms with Crippen LogP contribution in [0, 0.1) is 5.92 Å². The van der Waals surface area contributed by atoms with E-state index >= 15 is 0 Å². The van der Waals surface area contributed by atoms with Crippen molar-refractivity contribution in [2.24, 2.45) is 5.92 Å². The maximum atomic E-state index is 4.65. The van der Waals surface area contributed by atoms with Gasteiger partial charge in [0.05, 0.1) is 5.69 Å². The Labute approximate surface area is 102 Å². The quantitative estimate of drug-likeness (QED) is 0.853. The maximum Gasteiger partial charge on any atom is 0.107 e. The molecule has 0 saturated carbocycles. The first-order valence-corrected chi connectivity index (χ1v) is 7.02. The predicted molar refractivity (Wildman–Crippen MR) is 68.6 cm³/mol. The molecule has 0 spiro atoms. The molecule has 1 aromatic heterocycles. The molecule has 0 radical (unpaired) electrons. The van der Waals surface area contributed by atoms with Gasteiger partial charge in [0.1, 0.15) is 5.01 Å². The van der Waals surface area contributed by atoms with Crippen molar-refractivity contribution in [1.82, 2.24) is 15.2 Å². The molecule has 1 unspecified atom stereocenters. The lowest BCUT2D eigenvalue weighted by atomic mass is 10.2. The van der Waals surface area contributed by atoms with Gasteiger partial charge in [-0.2, -0.15) is 0 Å². The zero-order valence-electron chi connectivity index (χ0n) is 10.2. The predicted octanol–water partition coefficient (Wildman–Crippen LogP) is 2.09. The summed E-state index contributed by atoms with van der Waals surface area (Å²) in [5.74, 6) is 0.861. The summed E-state index contributed by atoms with van der Waals surface area (Å²) in [7, 11) is 0. The number of thiazole rings is 1.